The smallest absolute Gasteiger partial charge is 0.325 e. The van der Waals surface area contributed by atoms with Gasteiger partial charge in [-0.25, -0.2) is 4.79 Å². The summed E-state index contributed by atoms with van der Waals surface area (Å²) in [5.74, 6) is 0.733. The number of amides is 2. The molecule has 2 aliphatic rings. The monoisotopic (exact) mass is 335 g/mol. The third-order valence-corrected chi connectivity index (χ3v) is 5.92. The Labute approximate surface area is 143 Å². The molecule has 0 aliphatic heterocycles. The molecule has 0 unspecified atom stereocenters. The molecule has 6 heteroatoms. The summed E-state index contributed by atoms with van der Waals surface area (Å²) in [5.41, 5.74) is 0.930. The van der Waals surface area contributed by atoms with Crippen molar-refractivity contribution in [1.82, 2.24) is 9.88 Å². The summed E-state index contributed by atoms with van der Waals surface area (Å²) in [7, 11) is 1.88. The second kappa shape index (κ2) is 6.75. The molecular formula is C18H29N3O3. The highest BCUT2D eigenvalue weighted by atomic mass is 16.5. The van der Waals surface area contributed by atoms with Crippen LogP contribution in [0.5, 0.6) is 0 Å². The molecular weight excluding hydrogens is 306 g/mol. The van der Waals surface area contributed by atoms with Gasteiger partial charge in [-0.15, -0.1) is 0 Å². The van der Waals surface area contributed by atoms with Crippen LogP contribution in [0.2, 0.25) is 0 Å². The van der Waals surface area contributed by atoms with Crippen LogP contribution in [0, 0.1) is 19.3 Å². The molecule has 1 aromatic rings. The van der Waals surface area contributed by atoms with Crippen molar-refractivity contribution < 1.29 is 13.9 Å². The molecule has 1 aromatic heterocycles. The van der Waals surface area contributed by atoms with Gasteiger partial charge in [-0.05, 0) is 40.0 Å². The number of carbonyl (C=O) groups excluding carboxylic acids is 1. The van der Waals surface area contributed by atoms with Crippen molar-refractivity contribution in [2.75, 3.05) is 19.0 Å². The summed E-state index contributed by atoms with van der Waals surface area (Å²) in [6.07, 6.45) is 7.25. The van der Waals surface area contributed by atoms with E-state index < -0.39 is 0 Å². The number of hydrogen-bond acceptors (Lipinski definition) is 4. The fourth-order valence-corrected chi connectivity index (χ4v) is 4.42. The maximum absolute atomic E-state index is 12.6. The first kappa shape index (κ1) is 17.3. The number of urea groups is 1. The number of oxazole rings is 1. The number of rotatable bonds is 4. The molecule has 0 bridgehead atoms. The number of anilines is 1. The molecule has 2 atom stereocenters. The van der Waals surface area contributed by atoms with Gasteiger partial charge in [-0.3, -0.25) is 5.32 Å². The summed E-state index contributed by atoms with van der Waals surface area (Å²) in [4.78, 5) is 18.7. The molecule has 6 nitrogen and oxygen atoms in total. The van der Waals surface area contributed by atoms with Gasteiger partial charge in [-0.1, -0.05) is 19.3 Å². The third kappa shape index (κ3) is 2.92. The predicted molar refractivity (Wildman–Crippen MR) is 92.1 cm³/mol. The first-order valence-electron chi connectivity index (χ1n) is 9.07. The molecule has 0 aromatic carbocycles. The van der Waals surface area contributed by atoms with E-state index in [0.717, 1.165) is 37.3 Å². The number of aromatic nitrogens is 1. The van der Waals surface area contributed by atoms with Crippen LogP contribution in [0.25, 0.3) is 0 Å². The second-order valence-corrected chi connectivity index (χ2v) is 7.19. The van der Waals surface area contributed by atoms with Gasteiger partial charge < -0.3 is 14.1 Å². The molecule has 1 heterocycles. The average Bonchev–Trinajstić information content (AvgIpc) is 2.89. The van der Waals surface area contributed by atoms with E-state index in [1.807, 2.05) is 32.7 Å². The molecule has 24 heavy (non-hydrogen) atoms. The summed E-state index contributed by atoms with van der Waals surface area (Å²) in [6.45, 7) is 6.50. The number of carbonyl (C=O) groups is 1. The van der Waals surface area contributed by atoms with E-state index in [9.17, 15) is 4.79 Å². The molecule has 0 radical (unpaired) electrons. The van der Waals surface area contributed by atoms with Crippen molar-refractivity contribution in [2.45, 2.75) is 71.4 Å². The van der Waals surface area contributed by atoms with Crippen LogP contribution in [-0.4, -0.2) is 41.7 Å². The third-order valence-electron chi connectivity index (χ3n) is 5.92. The largest absolute Gasteiger partial charge is 0.428 e. The van der Waals surface area contributed by atoms with Gasteiger partial charge >= 0.3 is 12.0 Å². The predicted octanol–water partition coefficient (Wildman–Crippen LogP) is 3.88. The summed E-state index contributed by atoms with van der Waals surface area (Å²) < 4.78 is 11.4. The van der Waals surface area contributed by atoms with Gasteiger partial charge in [0.1, 0.15) is 5.76 Å². The summed E-state index contributed by atoms with van der Waals surface area (Å²) in [6, 6.07) is 0.355. The zero-order valence-electron chi connectivity index (χ0n) is 15.2. The highest BCUT2D eigenvalue weighted by Gasteiger charge is 2.57. The number of ether oxygens (including phenoxy) is 1. The molecule has 2 amide bonds. The highest BCUT2D eigenvalue weighted by molar-refractivity contribution is 5.87. The fraction of sp³-hybridized carbons (Fsp3) is 0.778. The van der Waals surface area contributed by atoms with Crippen LogP contribution >= 0.6 is 0 Å². The van der Waals surface area contributed by atoms with Crippen LogP contribution < -0.4 is 5.32 Å². The Kier molecular flexibility index (Phi) is 4.85. The lowest BCUT2D eigenvalue weighted by atomic mass is 9.54. The molecule has 2 fully saturated rings. The number of nitrogens with zero attached hydrogens (tertiary/aromatic N) is 2. The van der Waals surface area contributed by atoms with Crippen LogP contribution in [-0.2, 0) is 4.74 Å². The first-order valence-corrected chi connectivity index (χ1v) is 9.07. The average molecular weight is 335 g/mol. The minimum Gasteiger partial charge on any atom is -0.428 e. The highest BCUT2D eigenvalue weighted by Crippen LogP contribution is 2.55. The van der Waals surface area contributed by atoms with Crippen LogP contribution in [0.4, 0.5) is 10.8 Å². The molecule has 2 saturated carbocycles. The fourth-order valence-electron chi connectivity index (χ4n) is 4.42. The molecule has 2 aliphatic carbocycles. The van der Waals surface area contributed by atoms with Crippen LogP contribution in [0.15, 0.2) is 4.42 Å². The first-order chi connectivity index (χ1) is 11.5. The lowest BCUT2D eigenvalue weighted by molar-refractivity contribution is -0.169. The Morgan fingerprint density at radius 3 is 2.67 bits per heavy atom. The Hall–Kier alpha value is -1.56. The zero-order valence-corrected chi connectivity index (χ0v) is 15.2. The minimum atomic E-state index is -0.152. The molecule has 1 N–H and O–H groups in total. The van der Waals surface area contributed by atoms with Crippen molar-refractivity contribution in [3.63, 3.8) is 0 Å². The Bertz CT molecular complexity index is 573. The summed E-state index contributed by atoms with van der Waals surface area (Å²) in [5, 5.41) is 2.79. The molecule has 134 valence electrons. The maximum Gasteiger partial charge on any atom is 0.325 e. The van der Waals surface area contributed by atoms with Gasteiger partial charge in [0.15, 0.2) is 0 Å². The van der Waals surface area contributed by atoms with Crippen molar-refractivity contribution in [3.8, 4) is 0 Å². The normalized spacial score (nSPS) is 25.3. The lowest BCUT2D eigenvalue weighted by Crippen LogP contribution is -2.66. The van der Waals surface area contributed by atoms with E-state index in [0.29, 0.717) is 0 Å². The SMILES string of the molecule is CCO[C@H]1C[C@H](N(C)C(=O)Nc2nc(C)c(C)o2)C12CCCCC2. The van der Waals surface area contributed by atoms with Crippen molar-refractivity contribution in [1.29, 1.82) is 0 Å². The van der Waals surface area contributed by atoms with E-state index in [1.54, 1.807) is 0 Å². The summed E-state index contributed by atoms with van der Waals surface area (Å²) >= 11 is 0. The molecule has 1 spiro atoms. The van der Waals surface area contributed by atoms with E-state index in [-0.39, 0.29) is 29.6 Å². The van der Waals surface area contributed by atoms with Gasteiger partial charge in [0.2, 0.25) is 0 Å². The number of aryl methyl sites for hydroxylation is 2. The Morgan fingerprint density at radius 2 is 2.08 bits per heavy atom. The van der Waals surface area contributed by atoms with Crippen molar-refractivity contribution >= 4 is 12.0 Å². The van der Waals surface area contributed by atoms with Gasteiger partial charge in [0, 0.05) is 25.1 Å². The van der Waals surface area contributed by atoms with E-state index in [2.05, 4.69) is 10.3 Å². The Morgan fingerprint density at radius 1 is 1.38 bits per heavy atom. The van der Waals surface area contributed by atoms with Crippen molar-refractivity contribution in [2.24, 2.45) is 5.41 Å². The number of nitrogens with one attached hydrogen (secondary N) is 1. The van der Waals surface area contributed by atoms with Crippen LogP contribution in [0.3, 0.4) is 0 Å². The van der Waals surface area contributed by atoms with Gasteiger partial charge in [-0.2, -0.15) is 4.98 Å². The maximum atomic E-state index is 12.6. The van der Waals surface area contributed by atoms with E-state index in [1.165, 1.54) is 19.3 Å². The number of hydrogen-bond donors (Lipinski definition) is 1. The minimum absolute atomic E-state index is 0.128. The Balaban J connectivity index is 1.69. The second-order valence-electron chi connectivity index (χ2n) is 7.19. The topological polar surface area (TPSA) is 67.6 Å². The lowest BCUT2D eigenvalue weighted by Gasteiger charge is -2.59. The quantitative estimate of drug-likeness (QED) is 0.906. The van der Waals surface area contributed by atoms with E-state index in [4.69, 9.17) is 9.15 Å². The van der Waals surface area contributed by atoms with E-state index >= 15 is 0 Å². The van der Waals surface area contributed by atoms with Gasteiger partial charge in [0.25, 0.3) is 0 Å². The van der Waals surface area contributed by atoms with Crippen LogP contribution in [0.1, 0.15) is 56.9 Å². The van der Waals surface area contributed by atoms with Crippen molar-refractivity contribution in [3.05, 3.63) is 11.5 Å². The zero-order chi connectivity index (χ0) is 17.3. The van der Waals surface area contributed by atoms with Gasteiger partial charge in [0.05, 0.1) is 11.8 Å². The standard InChI is InChI=1S/C18H29N3O3/c1-5-23-15-11-14(18(15)9-7-6-8-10-18)21(4)17(22)20-16-19-12(2)13(3)24-16/h14-15H,5-11H2,1-4H3,(H,19,20,22)/t14-,15-/m0/s1. The molecule has 3 rings (SSSR count). The molecule has 0 saturated heterocycles.